The molecule has 0 spiro atoms. The molecule has 0 aliphatic carbocycles. The second kappa shape index (κ2) is 5.08. The monoisotopic (exact) mass is 331 g/mol. The summed E-state index contributed by atoms with van der Waals surface area (Å²) in [5, 5.41) is 3.41. The molecule has 19 heavy (non-hydrogen) atoms. The van der Waals surface area contributed by atoms with Crippen LogP contribution in [0.5, 0.6) is 0 Å². The molecule has 0 fully saturated rings. The molecule has 1 atom stereocenters. The molecule has 96 valence electrons. The summed E-state index contributed by atoms with van der Waals surface area (Å²) in [5.41, 5.74) is 10.0. The third-order valence-electron chi connectivity index (χ3n) is 3.32. The van der Waals surface area contributed by atoms with Crippen molar-refractivity contribution >= 4 is 37.4 Å². The highest BCUT2D eigenvalue weighted by molar-refractivity contribution is 9.10. The smallest absolute Gasteiger partial charge is 0.0566 e. The molecule has 0 saturated heterocycles. The fraction of sp³-hybridized carbons (Fsp3) is 0.125. The minimum atomic E-state index is -0.0667. The second-order valence-electron chi connectivity index (χ2n) is 4.70. The Balaban J connectivity index is 2.12. The first-order valence-electron chi connectivity index (χ1n) is 6.14. The van der Waals surface area contributed by atoms with Crippen molar-refractivity contribution < 1.29 is 0 Å². The number of thiophene rings is 1. The number of benzene rings is 2. The van der Waals surface area contributed by atoms with Crippen LogP contribution < -0.4 is 5.73 Å². The van der Waals surface area contributed by atoms with Gasteiger partial charge in [-0.3, -0.25) is 0 Å². The van der Waals surface area contributed by atoms with Gasteiger partial charge in [0.1, 0.15) is 0 Å². The zero-order valence-electron chi connectivity index (χ0n) is 10.6. The Labute approximate surface area is 125 Å². The summed E-state index contributed by atoms with van der Waals surface area (Å²) >= 11 is 5.34. The fourth-order valence-electron chi connectivity index (χ4n) is 2.33. The van der Waals surface area contributed by atoms with Crippen LogP contribution in [0.1, 0.15) is 22.7 Å². The molecule has 0 amide bonds. The highest BCUT2D eigenvalue weighted by atomic mass is 79.9. The van der Waals surface area contributed by atoms with Crippen LogP contribution in [0, 0.1) is 6.92 Å². The summed E-state index contributed by atoms with van der Waals surface area (Å²) in [4.78, 5) is 0. The third kappa shape index (κ3) is 2.34. The molecule has 0 bridgehead atoms. The molecule has 3 heteroatoms. The zero-order chi connectivity index (χ0) is 13.4. The maximum Gasteiger partial charge on any atom is 0.0566 e. The highest BCUT2D eigenvalue weighted by Crippen LogP contribution is 2.36. The molecule has 1 unspecified atom stereocenters. The van der Waals surface area contributed by atoms with Crippen molar-refractivity contribution in [1.82, 2.24) is 0 Å². The molecule has 3 rings (SSSR count). The molecule has 0 aliphatic heterocycles. The van der Waals surface area contributed by atoms with Gasteiger partial charge in [-0.05, 0) is 50.8 Å². The van der Waals surface area contributed by atoms with E-state index in [1.54, 1.807) is 11.3 Å². The Hall–Kier alpha value is -1.16. The number of hydrogen-bond donors (Lipinski definition) is 1. The minimum Gasteiger partial charge on any atom is -0.320 e. The maximum absolute atomic E-state index is 6.44. The molecule has 2 N–H and O–H groups in total. The van der Waals surface area contributed by atoms with Crippen LogP contribution in [-0.2, 0) is 0 Å². The van der Waals surface area contributed by atoms with Crippen molar-refractivity contribution in [3.8, 4) is 0 Å². The van der Waals surface area contributed by atoms with Crippen LogP contribution in [0.15, 0.2) is 52.3 Å². The molecule has 1 heterocycles. The molecular weight excluding hydrogens is 318 g/mol. The third-order valence-corrected chi connectivity index (χ3v) is 5.29. The number of fused-ring (bicyclic) bond motifs is 1. The lowest BCUT2D eigenvalue weighted by atomic mass is 9.98. The quantitative estimate of drug-likeness (QED) is 0.700. The number of aryl methyl sites for hydroxylation is 1. The van der Waals surface area contributed by atoms with Gasteiger partial charge < -0.3 is 5.73 Å². The van der Waals surface area contributed by atoms with Gasteiger partial charge in [0.2, 0.25) is 0 Å². The molecule has 0 aliphatic rings. The van der Waals surface area contributed by atoms with Crippen LogP contribution in [-0.4, -0.2) is 0 Å². The summed E-state index contributed by atoms with van der Waals surface area (Å²) in [6.45, 7) is 2.10. The van der Waals surface area contributed by atoms with E-state index >= 15 is 0 Å². The summed E-state index contributed by atoms with van der Waals surface area (Å²) in [7, 11) is 0. The Kier molecular flexibility index (Phi) is 3.44. The minimum absolute atomic E-state index is 0.0667. The molecule has 0 radical (unpaired) electrons. The number of halogens is 1. The lowest BCUT2D eigenvalue weighted by Gasteiger charge is -2.12. The number of rotatable bonds is 2. The zero-order valence-corrected chi connectivity index (χ0v) is 13.0. The van der Waals surface area contributed by atoms with E-state index in [0.29, 0.717) is 0 Å². The van der Waals surface area contributed by atoms with Gasteiger partial charge in [0.05, 0.1) is 6.04 Å². The van der Waals surface area contributed by atoms with E-state index in [-0.39, 0.29) is 6.04 Å². The molecule has 1 nitrogen and oxygen atoms in total. The Bertz CT molecular complexity index is 732. The van der Waals surface area contributed by atoms with E-state index in [2.05, 4.69) is 70.7 Å². The molecular formula is C16H14BrNS. The van der Waals surface area contributed by atoms with Gasteiger partial charge in [0, 0.05) is 9.17 Å². The van der Waals surface area contributed by atoms with Crippen molar-refractivity contribution in [3.05, 3.63) is 69.0 Å². The first-order valence-corrected chi connectivity index (χ1v) is 7.82. The molecule has 3 aromatic rings. The van der Waals surface area contributed by atoms with Crippen molar-refractivity contribution in [2.75, 3.05) is 0 Å². The van der Waals surface area contributed by atoms with Gasteiger partial charge in [0.15, 0.2) is 0 Å². The van der Waals surface area contributed by atoms with Crippen molar-refractivity contribution in [2.24, 2.45) is 5.73 Å². The lowest BCUT2D eigenvalue weighted by molar-refractivity contribution is 0.883. The SMILES string of the molecule is Cc1cccc(C(N)c2csc3c(Br)cccc23)c1. The summed E-state index contributed by atoms with van der Waals surface area (Å²) in [6.07, 6.45) is 0. The second-order valence-corrected chi connectivity index (χ2v) is 6.43. The van der Waals surface area contributed by atoms with E-state index in [0.717, 1.165) is 4.47 Å². The Morgan fingerprint density at radius 2 is 1.95 bits per heavy atom. The maximum atomic E-state index is 6.44. The van der Waals surface area contributed by atoms with E-state index in [9.17, 15) is 0 Å². The summed E-state index contributed by atoms with van der Waals surface area (Å²) in [5.74, 6) is 0. The van der Waals surface area contributed by atoms with Gasteiger partial charge in [-0.15, -0.1) is 11.3 Å². The van der Waals surface area contributed by atoms with Gasteiger partial charge in [-0.25, -0.2) is 0 Å². The Morgan fingerprint density at radius 3 is 2.74 bits per heavy atom. The van der Waals surface area contributed by atoms with Crippen LogP contribution in [0.25, 0.3) is 10.1 Å². The predicted octanol–water partition coefficient (Wildman–Crippen LogP) is 5.02. The van der Waals surface area contributed by atoms with Crippen molar-refractivity contribution in [1.29, 1.82) is 0 Å². The number of hydrogen-bond acceptors (Lipinski definition) is 2. The predicted molar refractivity (Wildman–Crippen MR) is 86.7 cm³/mol. The van der Waals surface area contributed by atoms with Crippen molar-refractivity contribution in [2.45, 2.75) is 13.0 Å². The van der Waals surface area contributed by atoms with Gasteiger partial charge in [-0.1, -0.05) is 42.0 Å². The summed E-state index contributed by atoms with van der Waals surface area (Å²) in [6, 6.07) is 14.6. The van der Waals surface area contributed by atoms with E-state index < -0.39 is 0 Å². The topological polar surface area (TPSA) is 26.0 Å². The standard InChI is InChI=1S/C16H14BrNS/c1-10-4-2-5-11(8-10)15(18)13-9-19-16-12(13)6-3-7-14(16)17/h2-9,15H,18H2,1H3. The lowest BCUT2D eigenvalue weighted by Crippen LogP contribution is -2.11. The number of nitrogens with two attached hydrogens (primary N) is 1. The normalized spacial score (nSPS) is 12.8. The fourth-order valence-corrected chi connectivity index (χ4v) is 3.98. The first-order chi connectivity index (χ1) is 9.16. The van der Waals surface area contributed by atoms with Crippen LogP contribution >= 0.6 is 27.3 Å². The largest absolute Gasteiger partial charge is 0.320 e. The summed E-state index contributed by atoms with van der Waals surface area (Å²) < 4.78 is 2.40. The highest BCUT2D eigenvalue weighted by Gasteiger charge is 2.14. The van der Waals surface area contributed by atoms with Crippen LogP contribution in [0.2, 0.25) is 0 Å². The molecule has 0 saturated carbocycles. The van der Waals surface area contributed by atoms with Gasteiger partial charge >= 0.3 is 0 Å². The van der Waals surface area contributed by atoms with Crippen molar-refractivity contribution in [3.63, 3.8) is 0 Å². The Morgan fingerprint density at radius 1 is 1.16 bits per heavy atom. The van der Waals surface area contributed by atoms with Crippen LogP contribution in [0.3, 0.4) is 0 Å². The molecule has 2 aromatic carbocycles. The average Bonchev–Trinajstić information content (AvgIpc) is 2.83. The van der Waals surface area contributed by atoms with Crippen LogP contribution in [0.4, 0.5) is 0 Å². The van der Waals surface area contributed by atoms with E-state index in [4.69, 9.17) is 5.73 Å². The van der Waals surface area contributed by atoms with E-state index in [1.165, 1.54) is 26.8 Å². The van der Waals surface area contributed by atoms with Gasteiger partial charge in [-0.2, -0.15) is 0 Å². The van der Waals surface area contributed by atoms with E-state index in [1.807, 2.05) is 0 Å². The van der Waals surface area contributed by atoms with Gasteiger partial charge in [0.25, 0.3) is 0 Å². The first kappa shape index (κ1) is 12.9. The average molecular weight is 332 g/mol. The molecule has 1 aromatic heterocycles.